The van der Waals surface area contributed by atoms with Crippen molar-refractivity contribution in [2.75, 3.05) is 12.4 Å². The second-order valence-electron chi connectivity index (χ2n) is 8.49. The van der Waals surface area contributed by atoms with Crippen LogP contribution in [-0.4, -0.2) is 36.8 Å². The van der Waals surface area contributed by atoms with Crippen molar-refractivity contribution in [1.29, 1.82) is 0 Å². The first-order valence-corrected chi connectivity index (χ1v) is 12.3. The first kappa shape index (κ1) is 28.5. The second kappa shape index (κ2) is 12.9. The average Bonchev–Trinajstić information content (AvgIpc) is 2.90. The van der Waals surface area contributed by atoms with E-state index >= 15 is 0 Å². The minimum absolute atomic E-state index is 0.114. The molecular formula is C27H26Cl2N4O5. The Morgan fingerprint density at radius 2 is 1.47 bits per heavy atom. The standard InChI is InChI=1S/C27H26Cl2N4O5/c1-15(2)23(27(37)33-32-26(36)19-13-10-17(28)14-21(19)29)31-25(35)20-6-4-5-7-22(20)30-24(34)16-8-11-18(38-3)12-9-16/h4-15,23H,1-3H3,(H,30,34)(H,31,35)(H,32,36)(H,33,37)/t23-/m0/s1. The lowest BCUT2D eigenvalue weighted by molar-refractivity contribution is -0.124. The number of para-hydroxylation sites is 1. The Bertz CT molecular complexity index is 1350. The Hall–Kier alpha value is -4.08. The van der Waals surface area contributed by atoms with E-state index in [-0.39, 0.29) is 27.8 Å². The number of hydrogen-bond acceptors (Lipinski definition) is 5. The maximum Gasteiger partial charge on any atom is 0.271 e. The molecule has 0 heterocycles. The third kappa shape index (κ3) is 7.24. The van der Waals surface area contributed by atoms with E-state index < -0.39 is 29.7 Å². The Balaban J connectivity index is 1.68. The summed E-state index contributed by atoms with van der Waals surface area (Å²) in [5.41, 5.74) is 5.51. The average molecular weight is 557 g/mol. The third-order valence-corrected chi connectivity index (χ3v) is 6.03. The van der Waals surface area contributed by atoms with E-state index in [1.165, 1.54) is 31.4 Å². The molecule has 0 aliphatic heterocycles. The van der Waals surface area contributed by atoms with Crippen molar-refractivity contribution in [3.63, 3.8) is 0 Å². The molecule has 0 saturated carbocycles. The molecule has 0 radical (unpaired) electrons. The largest absolute Gasteiger partial charge is 0.497 e. The molecule has 3 rings (SSSR count). The van der Waals surface area contributed by atoms with Crippen LogP contribution in [0.15, 0.2) is 66.7 Å². The molecule has 0 aromatic heterocycles. The molecule has 0 fully saturated rings. The number of benzene rings is 3. The zero-order chi connectivity index (χ0) is 27.8. The van der Waals surface area contributed by atoms with E-state index in [0.29, 0.717) is 16.3 Å². The lowest BCUT2D eigenvalue weighted by atomic mass is 10.0. The molecule has 11 heteroatoms. The molecule has 38 heavy (non-hydrogen) atoms. The van der Waals surface area contributed by atoms with Crippen LogP contribution >= 0.6 is 23.2 Å². The van der Waals surface area contributed by atoms with Gasteiger partial charge in [0.2, 0.25) is 0 Å². The SMILES string of the molecule is COc1ccc(C(=O)Nc2ccccc2C(=O)N[C@H](C(=O)NNC(=O)c2ccc(Cl)cc2Cl)C(C)C)cc1. The molecule has 4 amide bonds. The summed E-state index contributed by atoms with van der Waals surface area (Å²) < 4.78 is 5.10. The fourth-order valence-electron chi connectivity index (χ4n) is 3.42. The van der Waals surface area contributed by atoms with Crippen LogP contribution in [0.4, 0.5) is 5.69 Å². The molecule has 0 aliphatic rings. The number of methoxy groups -OCH3 is 1. The van der Waals surface area contributed by atoms with Crippen LogP contribution in [0, 0.1) is 5.92 Å². The van der Waals surface area contributed by atoms with Crippen molar-refractivity contribution in [2.45, 2.75) is 19.9 Å². The van der Waals surface area contributed by atoms with Crippen molar-refractivity contribution in [3.05, 3.63) is 93.5 Å². The number of rotatable bonds is 8. The highest BCUT2D eigenvalue weighted by Crippen LogP contribution is 2.21. The highest BCUT2D eigenvalue weighted by Gasteiger charge is 2.26. The number of halogens is 2. The summed E-state index contributed by atoms with van der Waals surface area (Å²) >= 11 is 11.9. The van der Waals surface area contributed by atoms with Gasteiger partial charge in [-0.25, -0.2) is 0 Å². The van der Waals surface area contributed by atoms with Crippen LogP contribution < -0.4 is 26.2 Å². The van der Waals surface area contributed by atoms with Crippen LogP contribution in [0.3, 0.4) is 0 Å². The highest BCUT2D eigenvalue weighted by atomic mass is 35.5. The summed E-state index contributed by atoms with van der Waals surface area (Å²) in [4.78, 5) is 51.2. The van der Waals surface area contributed by atoms with E-state index in [1.54, 1.807) is 56.3 Å². The van der Waals surface area contributed by atoms with Gasteiger partial charge >= 0.3 is 0 Å². The number of carbonyl (C=O) groups is 4. The summed E-state index contributed by atoms with van der Waals surface area (Å²) in [7, 11) is 1.53. The van der Waals surface area contributed by atoms with Crippen molar-refractivity contribution in [3.8, 4) is 5.75 Å². The fourth-order valence-corrected chi connectivity index (χ4v) is 3.91. The second-order valence-corrected chi connectivity index (χ2v) is 9.33. The molecule has 0 spiro atoms. The van der Waals surface area contributed by atoms with Gasteiger partial charge in [0.05, 0.1) is 28.9 Å². The van der Waals surface area contributed by atoms with Crippen LogP contribution in [0.25, 0.3) is 0 Å². The van der Waals surface area contributed by atoms with Gasteiger partial charge in [0.15, 0.2) is 0 Å². The molecule has 0 aliphatic carbocycles. The van der Waals surface area contributed by atoms with Gasteiger partial charge in [-0.3, -0.25) is 30.0 Å². The normalized spacial score (nSPS) is 11.3. The van der Waals surface area contributed by atoms with E-state index in [1.807, 2.05) is 0 Å². The van der Waals surface area contributed by atoms with E-state index in [4.69, 9.17) is 27.9 Å². The molecule has 3 aromatic carbocycles. The summed E-state index contributed by atoms with van der Waals surface area (Å²) in [6, 6.07) is 16.2. The predicted molar refractivity (Wildman–Crippen MR) is 146 cm³/mol. The number of anilines is 1. The van der Waals surface area contributed by atoms with Crippen LogP contribution in [0.1, 0.15) is 44.9 Å². The fraction of sp³-hybridized carbons (Fsp3) is 0.185. The number of ether oxygens (including phenoxy) is 1. The summed E-state index contributed by atoms with van der Waals surface area (Å²) in [6.45, 7) is 3.47. The van der Waals surface area contributed by atoms with Crippen molar-refractivity contribution in [1.82, 2.24) is 16.2 Å². The third-order valence-electron chi connectivity index (χ3n) is 5.48. The maximum absolute atomic E-state index is 13.1. The van der Waals surface area contributed by atoms with Gasteiger partial charge < -0.3 is 15.4 Å². The van der Waals surface area contributed by atoms with Crippen molar-refractivity contribution >= 4 is 52.5 Å². The quantitative estimate of drug-likeness (QED) is 0.304. The number of nitrogens with one attached hydrogen (secondary N) is 4. The smallest absolute Gasteiger partial charge is 0.271 e. The van der Waals surface area contributed by atoms with E-state index in [9.17, 15) is 19.2 Å². The number of carbonyl (C=O) groups excluding carboxylic acids is 4. The van der Waals surface area contributed by atoms with Gasteiger partial charge in [0.1, 0.15) is 11.8 Å². The zero-order valence-corrected chi connectivity index (χ0v) is 22.3. The number of hydrazine groups is 1. The minimum Gasteiger partial charge on any atom is -0.497 e. The number of amides is 4. The Morgan fingerprint density at radius 1 is 0.789 bits per heavy atom. The Morgan fingerprint density at radius 3 is 2.11 bits per heavy atom. The molecule has 4 N–H and O–H groups in total. The topological polar surface area (TPSA) is 126 Å². The van der Waals surface area contributed by atoms with Crippen molar-refractivity contribution < 1.29 is 23.9 Å². The molecule has 0 unspecified atom stereocenters. The lowest BCUT2D eigenvalue weighted by Crippen LogP contribution is -2.54. The van der Waals surface area contributed by atoms with Gasteiger partial charge in [0.25, 0.3) is 23.6 Å². The first-order chi connectivity index (χ1) is 18.1. The predicted octanol–water partition coefficient (Wildman–Crippen LogP) is 4.47. The Kier molecular flexibility index (Phi) is 9.70. The first-order valence-electron chi connectivity index (χ1n) is 11.5. The molecule has 9 nitrogen and oxygen atoms in total. The zero-order valence-electron chi connectivity index (χ0n) is 20.8. The summed E-state index contributed by atoms with van der Waals surface area (Å²) in [6.07, 6.45) is 0. The monoisotopic (exact) mass is 556 g/mol. The van der Waals surface area contributed by atoms with E-state index in [0.717, 1.165) is 0 Å². The molecule has 198 valence electrons. The summed E-state index contributed by atoms with van der Waals surface area (Å²) in [5, 5.41) is 5.87. The molecule has 0 bridgehead atoms. The lowest BCUT2D eigenvalue weighted by Gasteiger charge is -2.22. The molecular weight excluding hydrogens is 531 g/mol. The Labute approximate surface area is 229 Å². The van der Waals surface area contributed by atoms with Gasteiger partial charge in [-0.2, -0.15) is 0 Å². The molecule has 3 aromatic rings. The molecule has 1 atom stereocenters. The van der Waals surface area contributed by atoms with E-state index in [2.05, 4.69) is 21.5 Å². The molecule has 0 saturated heterocycles. The van der Waals surface area contributed by atoms with Gasteiger partial charge in [-0.15, -0.1) is 0 Å². The number of hydrogen-bond donors (Lipinski definition) is 4. The van der Waals surface area contributed by atoms with Crippen LogP contribution in [0.2, 0.25) is 10.0 Å². The van der Waals surface area contributed by atoms with Gasteiger partial charge in [-0.1, -0.05) is 49.2 Å². The van der Waals surface area contributed by atoms with Gasteiger partial charge in [-0.05, 0) is 60.5 Å². The van der Waals surface area contributed by atoms with Crippen LogP contribution in [-0.2, 0) is 4.79 Å². The van der Waals surface area contributed by atoms with Gasteiger partial charge in [0, 0.05) is 10.6 Å². The minimum atomic E-state index is -1.01. The summed E-state index contributed by atoms with van der Waals surface area (Å²) in [5.74, 6) is -2.04. The highest BCUT2D eigenvalue weighted by molar-refractivity contribution is 6.36. The maximum atomic E-state index is 13.1. The van der Waals surface area contributed by atoms with Crippen molar-refractivity contribution in [2.24, 2.45) is 5.92 Å². The van der Waals surface area contributed by atoms with Crippen LogP contribution in [0.5, 0.6) is 5.75 Å².